The van der Waals surface area contributed by atoms with Gasteiger partial charge in [-0.15, -0.1) is 0 Å². The third kappa shape index (κ3) is 4.66. The van der Waals surface area contributed by atoms with Gasteiger partial charge in [0.2, 0.25) is 0 Å². The summed E-state index contributed by atoms with van der Waals surface area (Å²) < 4.78 is 28.1. The highest BCUT2D eigenvalue weighted by molar-refractivity contribution is 5.92. The summed E-state index contributed by atoms with van der Waals surface area (Å²) >= 11 is 0. The number of carbonyl (C=O) groups excluding carboxylic acids is 1. The van der Waals surface area contributed by atoms with E-state index < -0.39 is 11.6 Å². The molecule has 1 aliphatic heterocycles. The van der Waals surface area contributed by atoms with Crippen molar-refractivity contribution in [3.05, 3.63) is 53.4 Å². The Bertz CT molecular complexity index is 692. The molecular weight excluding hydrogens is 338 g/mol. The molecule has 1 fully saturated rings. The second-order valence-corrected chi connectivity index (χ2v) is 6.65. The number of hydrogen-bond acceptors (Lipinski definition) is 3. The Hall–Kier alpha value is -2.28. The molecule has 2 aromatic rings. The number of amides is 1. The first kappa shape index (κ1) is 18.5. The number of carbonyl (C=O) groups is 1. The van der Waals surface area contributed by atoms with Crippen molar-refractivity contribution in [3.63, 3.8) is 0 Å². The highest BCUT2D eigenvalue weighted by Gasteiger charge is 2.21. The van der Waals surface area contributed by atoms with Crippen LogP contribution in [0.25, 0.3) is 0 Å². The standard InChI is InChI=1S/C19H24F2N4O/c20-16-6-5-7-17(21)15(16)14-25(19(26)18-8-9-22-23-18)13-12-24-10-3-1-2-4-11-24/h5-9H,1-4,10-14H2,(H,22,23). The lowest BCUT2D eigenvalue weighted by Gasteiger charge is -2.27. The quantitative estimate of drug-likeness (QED) is 0.859. The zero-order valence-corrected chi connectivity index (χ0v) is 14.8. The molecule has 0 unspecified atom stereocenters. The summed E-state index contributed by atoms with van der Waals surface area (Å²) in [5.41, 5.74) is 0.230. The van der Waals surface area contributed by atoms with Crippen molar-refractivity contribution in [1.82, 2.24) is 20.0 Å². The maximum absolute atomic E-state index is 14.1. The van der Waals surface area contributed by atoms with Gasteiger partial charge in [-0.1, -0.05) is 18.9 Å². The molecule has 1 N–H and O–H groups in total. The van der Waals surface area contributed by atoms with Gasteiger partial charge in [-0.05, 0) is 44.1 Å². The Morgan fingerprint density at radius 2 is 1.81 bits per heavy atom. The number of aromatic amines is 1. The molecule has 0 bridgehead atoms. The van der Waals surface area contributed by atoms with E-state index in [4.69, 9.17) is 0 Å². The fraction of sp³-hybridized carbons (Fsp3) is 0.474. The van der Waals surface area contributed by atoms with Gasteiger partial charge in [-0.2, -0.15) is 5.10 Å². The lowest BCUT2D eigenvalue weighted by atomic mass is 10.1. The van der Waals surface area contributed by atoms with Crippen molar-refractivity contribution in [2.45, 2.75) is 32.2 Å². The molecule has 2 heterocycles. The highest BCUT2D eigenvalue weighted by Crippen LogP contribution is 2.17. The van der Waals surface area contributed by atoms with E-state index >= 15 is 0 Å². The minimum Gasteiger partial charge on any atom is -0.332 e. The Balaban J connectivity index is 1.74. The second-order valence-electron chi connectivity index (χ2n) is 6.65. The summed E-state index contributed by atoms with van der Waals surface area (Å²) in [6.07, 6.45) is 6.25. The zero-order chi connectivity index (χ0) is 18.4. The van der Waals surface area contributed by atoms with Gasteiger partial charge < -0.3 is 9.80 Å². The first-order valence-corrected chi connectivity index (χ1v) is 9.09. The van der Waals surface area contributed by atoms with Crippen molar-refractivity contribution < 1.29 is 13.6 Å². The number of halogens is 2. The number of likely N-dealkylation sites (tertiary alicyclic amines) is 1. The van der Waals surface area contributed by atoms with Crippen molar-refractivity contribution in [3.8, 4) is 0 Å². The van der Waals surface area contributed by atoms with Crippen LogP contribution in [0.1, 0.15) is 41.7 Å². The fourth-order valence-electron chi connectivity index (χ4n) is 3.29. The van der Waals surface area contributed by atoms with Gasteiger partial charge in [0, 0.05) is 24.8 Å². The molecule has 5 nitrogen and oxygen atoms in total. The molecular formula is C19H24F2N4O. The average Bonchev–Trinajstić information content (AvgIpc) is 3.05. The van der Waals surface area contributed by atoms with Crippen LogP contribution in [-0.2, 0) is 6.54 Å². The lowest BCUT2D eigenvalue weighted by molar-refractivity contribution is 0.0713. The smallest absolute Gasteiger partial charge is 0.272 e. The predicted octanol–water partition coefficient (Wildman–Crippen LogP) is 3.21. The van der Waals surface area contributed by atoms with Crippen LogP contribution in [0.15, 0.2) is 30.5 Å². The van der Waals surface area contributed by atoms with Crippen LogP contribution in [0.4, 0.5) is 8.78 Å². The largest absolute Gasteiger partial charge is 0.332 e. The molecule has 1 aromatic heterocycles. The van der Waals surface area contributed by atoms with Gasteiger partial charge in [-0.3, -0.25) is 9.89 Å². The molecule has 0 aliphatic carbocycles. The van der Waals surface area contributed by atoms with Gasteiger partial charge in [0.1, 0.15) is 17.3 Å². The van der Waals surface area contributed by atoms with E-state index in [0.29, 0.717) is 18.8 Å². The third-order valence-corrected chi connectivity index (χ3v) is 4.81. The number of nitrogens with one attached hydrogen (secondary N) is 1. The normalized spacial score (nSPS) is 15.6. The zero-order valence-electron chi connectivity index (χ0n) is 14.8. The summed E-state index contributed by atoms with van der Waals surface area (Å²) in [7, 11) is 0. The van der Waals surface area contributed by atoms with Gasteiger partial charge >= 0.3 is 0 Å². The Morgan fingerprint density at radius 1 is 1.12 bits per heavy atom. The number of aromatic nitrogens is 2. The molecule has 7 heteroatoms. The molecule has 0 spiro atoms. The van der Waals surface area contributed by atoms with Gasteiger partial charge in [0.15, 0.2) is 0 Å². The van der Waals surface area contributed by atoms with Crippen LogP contribution in [0.5, 0.6) is 0 Å². The molecule has 3 rings (SSSR count). The molecule has 140 valence electrons. The van der Waals surface area contributed by atoms with Gasteiger partial charge in [0.05, 0.1) is 6.54 Å². The predicted molar refractivity (Wildman–Crippen MR) is 94.6 cm³/mol. The minimum atomic E-state index is -0.637. The Labute approximate surface area is 152 Å². The molecule has 26 heavy (non-hydrogen) atoms. The van der Waals surface area contributed by atoms with Crippen molar-refractivity contribution in [1.29, 1.82) is 0 Å². The number of H-pyrrole nitrogens is 1. The van der Waals surface area contributed by atoms with E-state index in [2.05, 4.69) is 15.1 Å². The highest BCUT2D eigenvalue weighted by atomic mass is 19.1. The monoisotopic (exact) mass is 362 g/mol. The van der Waals surface area contributed by atoms with Crippen LogP contribution in [0, 0.1) is 11.6 Å². The maximum atomic E-state index is 14.1. The van der Waals surface area contributed by atoms with E-state index in [1.807, 2.05) is 0 Å². The van der Waals surface area contributed by atoms with Gasteiger partial charge in [0.25, 0.3) is 5.91 Å². The van der Waals surface area contributed by atoms with E-state index in [0.717, 1.165) is 25.9 Å². The molecule has 1 amide bonds. The summed E-state index contributed by atoms with van der Waals surface area (Å²) in [6, 6.07) is 5.32. The third-order valence-electron chi connectivity index (χ3n) is 4.81. The summed E-state index contributed by atoms with van der Waals surface area (Å²) in [5, 5.41) is 6.44. The molecule has 0 radical (unpaired) electrons. The van der Waals surface area contributed by atoms with Crippen LogP contribution >= 0.6 is 0 Å². The molecule has 1 saturated heterocycles. The van der Waals surface area contributed by atoms with Gasteiger partial charge in [-0.25, -0.2) is 8.78 Å². The molecule has 0 atom stereocenters. The summed E-state index contributed by atoms with van der Waals surface area (Å²) in [4.78, 5) is 16.6. The van der Waals surface area contributed by atoms with Crippen molar-refractivity contribution >= 4 is 5.91 Å². The number of hydrogen-bond donors (Lipinski definition) is 1. The summed E-state index contributed by atoms with van der Waals surface area (Å²) in [6.45, 7) is 2.99. The SMILES string of the molecule is O=C(c1ccn[nH]1)N(CCN1CCCCCC1)Cc1c(F)cccc1F. The van der Waals surface area contributed by atoms with Crippen LogP contribution < -0.4 is 0 Å². The molecule has 1 aliphatic rings. The van der Waals surface area contributed by atoms with E-state index in [1.54, 1.807) is 6.07 Å². The molecule has 1 aromatic carbocycles. The van der Waals surface area contributed by atoms with E-state index in [1.165, 1.54) is 42.1 Å². The number of nitrogens with zero attached hydrogens (tertiary/aromatic N) is 3. The average molecular weight is 362 g/mol. The topological polar surface area (TPSA) is 52.2 Å². The first-order chi connectivity index (χ1) is 12.6. The number of rotatable bonds is 6. The van der Waals surface area contributed by atoms with Crippen molar-refractivity contribution in [2.24, 2.45) is 0 Å². The van der Waals surface area contributed by atoms with E-state index in [-0.39, 0.29) is 18.0 Å². The second kappa shape index (κ2) is 8.89. The van der Waals surface area contributed by atoms with E-state index in [9.17, 15) is 13.6 Å². The Kier molecular flexibility index (Phi) is 6.33. The van der Waals surface area contributed by atoms with Crippen molar-refractivity contribution in [2.75, 3.05) is 26.2 Å². The molecule has 0 saturated carbocycles. The summed E-state index contributed by atoms with van der Waals surface area (Å²) in [5.74, 6) is -1.58. The van der Waals surface area contributed by atoms with Crippen LogP contribution in [0.2, 0.25) is 0 Å². The Morgan fingerprint density at radius 3 is 2.42 bits per heavy atom. The lowest BCUT2D eigenvalue weighted by Crippen LogP contribution is -2.39. The fourth-order valence-corrected chi connectivity index (χ4v) is 3.29. The van der Waals surface area contributed by atoms with Crippen LogP contribution in [0.3, 0.4) is 0 Å². The maximum Gasteiger partial charge on any atom is 0.272 e. The minimum absolute atomic E-state index is 0.0868. The first-order valence-electron chi connectivity index (χ1n) is 9.09. The van der Waals surface area contributed by atoms with Crippen LogP contribution in [-0.4, -0.2) is 52.1 Å². The number of benzene rings is 1.